The zero-order chi connectivity index (χ0) is 26.8. The number of aliphatic hydroxyl groups excluding tert-OH is 1. The number of aromatic carboxylic acids is 1. The number of β-amino-alcohol motifs (C(OH)–C–C–N with tert-alkyl or cyclic N) is 1. The summed E-state index contributed by atoms with van der Waals surface area (Å²) in [5, 5.41) is 20.7. The third-order valence-corrected chi connectivity index (χ3v) is 6.82. The first-order valence-corrected chi connectivity index (χ1v) is 12.5. The van der Waals surface area contributed by atoms with Crippen LogP contribution < -0.4 is 16.1 Å². The van der Waals surface area contributed by atoms with Gasteiger partial charge in [0.25, 0.3) is 5.56 Å². The van der Waals surface area contributed by atoms with Gasteiger partial charge in [0, 0.05) is 44.1 Å². The fraction of sp³-hybridized carbons (Fsp3) is 0.286. The molecule has 196 valence electrons. The lowest BCUT2D eigenvalue weighted by Crippen LogP contribution is -2.49. The monoisotopic (exact) mass is 515 g/mol. The number of nitrogens with zero attached hydrogens (tertiary/aromatic N) is 5. The molecule has 2 aromatic heterocycles. The van der Waals surface area contributed by atoms with Crippen LogP contribution in [0, 0.1) is 6.92 Å². The largest absolute Gasteiger partial charge is 0.478 e. The predicted octanol–water partition coefficient (Wildman–Crippen LogP) is 1.74. The third kappa shape index (κ3) is 4.96. The molecule has 0 spiro atoms. The molecule has 1 unspecified atom stereocenters. The number of aryl methyl sites for hydroxylation is 1. The molecule has 1 fully saturated rings. The van der Waals surface area contributed by atoms with Gasteiger partial charge < -0.3 is 15.1 Å². The van der Waals surface area contributed by atoms with Crippen molar-refractivity contribution in [1.82, 2.24) is 19.0 Å². The molecule has 1 aliphatic heterocycles. The Morgan fingerprint density at radius 3 is 2.13 bits per heavy atom. The van der Waals surface area contributed by atoms with E-state index in [0.29, 0.717) is 17.9 Å². The number of benzene rings is 2. The van der Waals surface area contributed by atoms with Crippen LogP contribution in [0.2, 0.25) is 0 Å². The maximum absolute atomic E-state index is 13.6. The molecule has 1 aliphatic rings. The standard InChI is InChI=1S/C28H29N5O5/c1-19-16-23(27(36)37)24-25(29-19)32(28(38)33(26(24)35)21-10-6-3-7-11-21)18-22(34)17-30-12-14-31(15-13-30)20-8-4-2-5-9-20/h2-11,16,22,34H,12-15,17-18H2,1H3,(H,36,37). The minimum absolute atomic E-state index is 0.0440. The Morgan fingerprint density at radius 2 is 1.53 bits per heavy atom. The quantitative estimate of drug-likeness (QED) is 0.382. The number of hydrogen-bond acceptors (Lipinski definition) is 7. The summed E-state index contributed by atoms with van der Waals surface area (Å²) >= 11 is 0. The molecule has 0 aliphatic carbocycles. The average molecular weight is 516 g/mol. The molecule has 5 rings (SSSR count). The van der Waals surface area contributed by atoms with Crippen molar-refractivity contribution in [3.8, 4) is 5.69 Å². The number of carbonyl (C=O) groups is 1. The van der Waals surface area contributed by atoms with Gasteiger partial charge in [-0.1, -0.05) is 36.4 Å². The number of carboxylic acid groups (broad SMARTS) is 1. The Kier molecular flexibility index (Phi) is 7.08. The van der Waals surface area contributed by atoms with E-state index in [4.69, 9.17) is 0 Å². The van der Waals surface area contributed by atoms with Crippen LogP contribution in [0.15, 0.2) is 76.3 Å². The first-order chi connectivity index (χ1) is 18.3. The Balaban J connectivity index is 1.47. The molecule has 10 nitrogen and oxygen atoms in total. The molecular weight excluding hydrogens is 486 g/mol. The normalized spacial score (nSPS) is 15.1. The number of aliphatic hydroxyl groups is 1. The third-order valence-electron chi connectivity index (χ3n) is 6.82. The van der Waals surface area contributed by atoms with Crippen LogP contribution in [0.25, 0.3) is 16.7 Å². The van der Waals surface area contributed by atoms with Crippen molar-refractivity contribution in [3.63, 3.8) is 0 Å². The summed E-state index contributed by atoms with van der Waals surface area (Å²) in [6.45, 7) is 4.88. The molecule has 0 bridgehead atoms. The maximum atomic E-state index is 13.6. The smallest absolute Gasteiger partial charge is 0.337 e. The Morgan fingerprint density at radius 1 is 0.921 bits per heavy atom. The van der Waals surface area contributed by atoms with Crippen molar-refractivity contribution in [2.24, 2.45) is 0 Å². The van der Waals surface area contributed by atoms with Crippen LogP contribution in [0.4, 0.5) is 5.69 Å². The summed E-state index contributed by atoms with van der Waals surface area (Å²) in [5.74, 6) is -1.29. The van der Waals surface area contributed by atoms with E-state index in [1.165, 1.54) is 10.6 Å². The predicted molar refractivity (Wildman–Crippen MR) is 144 cm³/mol. The summed E-state index contributed by atoms with van der Waals surface area (Å²) in [4.78, 5) is 47.9. The minimum Gasteiger partial charge on any atom is -0.478 e. The lowest BCUT2D eigenvalue weighted by atomic mass is 10.1. The SMILES string of the molecule is Cc1cc(C(=O)O)c2c(=O)n(-c3ccccc3)c(=O)n(CC(O)CN3CCN(c4ccccc4)CC3)c2n1. The van der Waals surface area contributed by atoms with Crippen LogP contribution in [-0.4, -0.2) is 74.0 Å². The van der Waals surface area contributed by atoms with Gasteiger partial charge in [-0.2, -0.15) is 0 Å². The van der Waals surface area contributed by atoms with E-state index < -0.39 is 23.3 Å². The van der Waals surface area contributed by atoms with Gasteiger partial charge in [-0.05, 0) is 37.3 Å². The zero-order valence-electron chi connectivity index (χ0n) is 21.0. The summed E-state index contributed by atoms with van der Waals surface area (Å²) in [6, 6.07) is 19.8. The Labute approximate surface area is 218 Å². The fourth-order valence-electron chi connectivity index (χ4n) is 5.00. The van der Waals surface area contributed by atoms with E-state index in [0.717, 1.165) is 36.4 Å². The second-order valence-corrected chi connectivity index (χ2v) is 9.46. The number of carboxylic acids is 1. The lowest BCUT2D eigenvalue weighted by Gasteiger charge is -2.37. The second kappa shape index (κ2) is 10.6. The number of hydrogen-bond donors (Lipinski definition) is 2. The van der Waals surface area contributed by atoms with Gasteiger partial charge in [0.05, 0.1) is 29.3 Å². The maximum Gasteiger partial charge on any atom is 0.337 e. The summed E-state index contributed by atoms with van der Waals surface area (Å²) in [6.07, 6.45) is -0.948. The Hall–Kier alpha value is -4.28. The van der Waals surface area contributed by atoms with Gasteiger partial charge in [-0.25, -0.2) is 19.1 Å². The second-order valence-electron chi connectivity index (χ2n) is 9.46. The average Bonchev–Trinajstić information content (AvgIpc) is 2.92. The number of fused-ring (bicyclic) bond motifs is 1. The topological polar surface area (TPSA) is 121 Å². The van der Waals surface area contributed by atoms with E-state index in [2.05, 4.69) is 26.9 Å². The molecule has 10 heteroatoms. The van der Waals surface area contributed by atoms with Crippen molar-refractivity contribution in [1.29, 1.82) is 0 Å². The highest BCUT2D eigenvalue weighted by molar-refractivity contribution is 6.01. The van der Waals surface area contributed by atoms with Crippen molar-refractivity contribution in [2.45, 2.75) is 19.6 Å². The summed E-state index contributed by atoms with van der Waals surface area (Å²) in [5.41, 5.74) is 0.0949. The highest BCUT2D eigenvalue weighted by Gasteiger charge is 2.25. The van der Waals surface area contributed by atoms with Gasteiger partial charge in [0.1, 0.15) is 0 Å². The van der Waals surface area contributed by atoms with E-state index in [-0.39, 0.29) is 23.1 Å². The first kappa shape index (κ1) is 25.4. The molecule has 0 amide bonds. The number of rotatable bonds is 7. The van der Waals surface area contributed by atoms with Gasteiger partial charge in [-0.15, -0.1) is 0 Å². The van der Waals surface area contributed by atoms with Crippen molar-refractivity contribution >= 4 is 22.7 Å². The molecular formula is C28H29N5O5. The fourth-order valence-corrected chi connectivity index (χ4v) is 5.00. The number of para-hydroxylation sites is 2. The van der Waals surface area contributed by atoms with Crippen LogP contribution in [0.3, 0.4) is 0 Å². The first-order valence-electron chi connectivity index (χ1n) is 12.5. The molecule has 0 radical (unpaired) electrons. The molecule has 4 aromatic rings. The van der Waals surface area contributed by atoms with E-state index >= 15 is 0 Å². The number of anilines is 1. The van der Waals surface area contributed by atoms with Gasteiger partial charge in [0.2, 0.25) is 0 Å². The molecule has 38 heavy (non-hydrogen) atoms. The molecule has 1 saturated heterocycles. The number of piperazine rings is 1. The summed E-state index contributed by atoms with van der Waals surface area (Å²) < 4.78 is 2.16. The minimum atomic E-state index is -1.29. The highest BCUT2D eigenvalue weighted by Crippen LogP contribution is 2.18. The van der Waals surface area contributed by atoms with E-state index in [9.17, 15) is 24.6 Å². The van der Waals surface area contributed by atoms with E-state index in [1.54, 1.807) is 37.3 Å². The van der Waals surface area contributed by atoms with Crippen molar-refractivity contribution in [3.05, 3.63) is 98.8 Å². The molecule has 0 saturated carbocycles. The molecule has 2 N–H and O–H groups in total. The highest BCUT2D eigenvalue weighted by atomic mass is 16.4. The van der Waals surface area contributed by atoms with Gasteiger partial charge >= 0.3 is 11.7 Å². The van der Waals surface area contributed by atoms with Crippen LogP contribution in [-0.2, 0) is 6.54 Å². The van der Waals surface area contributed by atoms with Crippen LogP contribution >= 0.6 is 0 Å². The van der Waals surface area contributed by atoms with Crippen LogP contribution in [0.5, 0.6) is 0 Å². The van der Waals surface area contributed by atoms with Crippen molar-refractivity contribution in [2.75, 3.05) is 37.6 Å². The molecule has 1 atom stereocenters. The van der Waals surface area contributed by atoms with Crippen molar-refractivity contribution < 1.29 is 15.0 Å². The van der Waals surface area contributed by atoms with E-state index in [1.807, 2.05) is 18.2 Å². The number of aromatic nitrogens is 3. The van der Waals surface area contributed by atoms with Gasteiger partial charge in [0.15, 0.2) is 5.65 Å². The van der Waals surface area contributed by atoms with Crippen LogP contribution in [0.1, 0.15) is 16.1 Å². The molecule has 2 aromatic carbocycles. The number of pyridine rings is 1. The Bertz CT molecular complexity index is 1580. The lowest BCUT2D eigenvalue weighted by molar-refractivity contribution is 0.0698. The summed E-state index contributed by atoms with van der Waals surface area (Å²) in [7, 11) is 0. The zero-order valence-corrected chi connectivity index (χ0v) is 21.0. The van der Waals surface area contributed by atoms with Gasteiger partial charge in [-0.3, -0.25) is 14.3 Å². The molecule has 3 heterocycles.